The molecule has 9 heteroatoms. The quantitative estimate of drug-likeness (QED) is 0.271. The normalized spacial score (nSPS) is 36.3. The Bertz CT molecular complexity index is 1880. The zero-order chi connectivity index (χ0) is 33.7. The summed E-state index contributed by atoms with van der Waals surface area (Å²) in [5.41, 5.74) is 1.17. The number of esters is 1. The zero-order valence-corrected chi connectivity index (χ0v) is 27.4. The Hall–Kier alpha value is -4.32. The van der Waals surface area contributed by atoms with Crippen LogP contribution in [0.15, 0.2) is 65.3 Å². The number of benzene rings is 2. The number of carbonyl (C=O) groups excluding carboxylic acids is 2. The van der Waals surface area contributed by atoms with E-state index in [2.05, 4.69) is 26.0 Å². The fraction of sp³-hybridized carbons (Fsp3) is 0.487. The van der Waals surface area contributed by atoms with E-state index >= 15 is 0 Å². The maximum Gasteiger partial charge on any atom is 0.302 e. The van der Waals surface area contributed by atoms with E-state index in [1.165, 1.54) is 35.6 Å². The van der Waals surface area contributed by atoms with Gasteiger partial charge in [0.25, 0.3) is 5.91 Å². The van der Waals surface area contributed by atoms with Gasteiger partial charge in [-0.25, -0.2) is 8.78 Å². The lowest BCUT2D eigenvalue weighted by Crippen LogP contribution is -2.52. The number of fused-ring (bicyclic) bond motifs is 10. The number of hydrogen-bond acceptors (Lipinski definition) is 6. The van der Waals surface area contributed by atoms with E-state index in [-0.39, 0.29) is 47.0 Å². The van der Waals surface area contributed by atoms with Gasteiger partial charge < -0.3 is 14.4 Å². The highest BCUT2D eigenvalue weighted by Gasteiger charge is 2.70. The van der Waals surface area contributed by atoms with Crippen LogP contribution in [0.25, 0.3) is 0 Å². The third-order valence-electron chi connectivity index (χ3n) is 13.1. The molecule has 1 amide bonds. The first kappa shape index (κ1) is 31.0. The molecule has 8 rings (SSSR count). The first-order valence-corrected chi connectivity index (χ1v) is 17.1. The fourth-order valence-corrected chi connectivity index (χ4v) is 11.0. The second-order valence-corrected chi connectivity index (χ2v) is 15.2. The Kier molecular flexibility index (Phi) is 6.83. The fourth-order valence-electron chi connectivity index (χ4n) is 11.0. The van der Waals surface area contributed by atoms with Crippen LogP contribution in [0.3, 0.4) is 0 Å². The summed E-state index contributed by atoms with van der Waals surface area (Å²) in [6.07, 6.45) is 8.00. The van der Waals surface area contributed by atoms with E-state index in [1.807, 2.05) is 12.1 Å². The number of para-hydroxylation sites is 1. The molecule has 0 radical (unpaired) electrons. The van der Waals surface area contributed by atoms with Gasteiger partial charge in [-0.15, -0.1) is 0 Å². The molecule has 1 N–H and O–H groups in total. The molecule has 248 valence electrons. The van der Waals surface area contributed by atoms with Crippen molar-refractivity contribution >= 4 is 23.5 Å². The van der Waals surface area contributed by atoms with Crippen molar-refractivity contribution in [2.45, 2.75) is 84.0 Å². The van der Waals surface area contributed by atoms with Crippen molar-refractivity contribution in [2.75, 3.05) is 4.90 Å². The molecule has 5 unspecified atom stereocenters. The van der Waals surface area contributed by atoms with Crippen LogP contribution in [0.2, 0.25) is 0 Å². The van der Waals surface area contributed by atoms with Crippen LogP contribution in [-0.2, 0) is 31.2 Å². The lowest BCUT2D eigenvalue weighted by Gasteiger charge is -2.57. The molecule has 7 nitrogen and oxygen atoms in total. The Morgan fingerprint density at radius 3 is 2.54 bits per heavy atom. The Balaban J connectivity index is 1.22. The van der Waals surface area contributed by atoms with Crippen molar-refractivity contribution in [2.24, 2.45) is 34.5 Å². The van der Waals surface area contributed by atoms with Crippen LogP contribution in [0.1, 0.15) is 76.8 Å². The molecule has 2 aliphatic heterocycles. The first-order valence-electron chi connectivity index (χ1n) is 17.1. The number of allylic oxidation sites excluding steroid dienone is 1. The van der Waals surface area contributed by atoms with Gasteiger partial charge in [0.05, 0.1) is 12.2 Å². The summed E-state index contributed by atoms with van der Waals surface area (Å²) in [5.74, 6) is -2.21. The SMILES string of the molecule is CC(=O)O[C@H]1CC[C@@]2(C)C(=CCC3C2CC[C@]2(C)C4=C(C#N)C(=N)OC5(C(=O)N(Cc6c(F)cccc6F)c6ccccc65)C4CC32)C1. The number of rotatable bonds is 3. The first-order chi connectivity index (χ1) is 22.9. The summed E-state index contributed by atoms with van der Waals surface area (Å²) in [6, 6.07) is 13.1. The van der Waals surface area contributed by atoms with Crippen molar-refractivity contribution in [3.63, 3.8) is 0 Å². The van der Waals surface area contributed by atoms with Crippen molar-refractivity contribution in [3.05, 3.63) is 88.0 Å². The van der Waals surface area contributed by atoms with E-state index in [0.29, 0.717) is 29.5 Å². The number of amides is 1. The molecule has 8 atom stereocenters. The van der Waals surface area contributed by atoms with Gasteiger partial charge in [0.2, 0.25) is 11.5 Å². The number of nitrogens with one attached hydrogen (secondary N) is 1. The van der Waals surface area contributed by atoms with E-state index in [0.717, 1.165) is 44.1 Å². The lowest BCUT2D eigenvalue weighted by atomic mass is 9.47. The Morgan fingerprint density at radius 1 is 1.08 bits per heavy atom. The number of ether oxygens (including phenoxy) is 2. The average Bonchev–Trinajstić information content (AvgIpc) is 3.49. The molecule has 48 heavy (non-hydrogen) atoms. The average molecular weight is 652 g/mol. The summed E-state index contributed by atoms with van der Waals surface area (Å²) in [7, 11) is 0. The van der Waals surface area contributed by atoms with Crippen LogP contribution in [-0.4, -0.2) is 23.9 Å². The smallest absolute Gasteiger partial charge is 0.302 e. The zero-order valence-electron chi connectivity index (χ0n) is 27.4. The molecule has 3 saturated carbocycles. The van der Waals surface area contributed by atoms with E-state index in [9.17, 15) is 23.6 Å². The molecule has 3 fully saturated rings. The summed E-state index contributed by atoms with van der Waals surface area (Å²) in [6.45, 7) is 5.71. The minimum absolute atomic E-state index is 0.0294. The topological polar surface area (TPSA) is 103 Å². The van der Waals surface area contributed by atoms with Gasteiger partial charge in [0, 0.05) is 30.4 Å². The molecular formula is C39H39F2N3O4. The Labute approximate surface area is 279 Å². The summed E-state index contributed by atoms with van der Waals surface area (Å²) in [4.78, 5) is 28.0. The van der Waals surface area contributed by atoms with Gasteiger partial charge in [-0.3, -0.25) is 15.0 Å². The number of hydrogen-bond donors (Lipinski definition) is 1. The van der Waals surface area contributed by atoms with E-state index in [1.54, 1.807) is 12.1 Å². The number of carbonyl (C=O) groups is 2. The van der Waals surface area contributed by atoms with E-state index < -0.39 is 34.5 Å². The molecule has 6 aliphatic rings. The summed E-state index contributed by atoms with van der Waals surface area (Å²) >= 11 is 0. The Morgan fingerprint density at radius 2 is 1.81 bits per heavy atom. The minimum Gasteiger partial charge on any atom is -0.462 e. The molecule has 0 saturated heterocycles. The molecule has 0 bridgehead atoms. The minimum atomic E-state index is -1.62. The van der Waals surface area contributed by atoms with Gasteiger partial charge >= 0.3 is 5.97 Å². The molecule has 2 heterocycles. The van der Waals surface area contributed by atoms with Crippen LogP contribution in [0.4, 0.5) is 14.5 Å². The predicted octanol–water partition coefficient (Wildman–Crippen LogP) is 7.66. The molecule has 1 spiro atoms. The number of nitriles is 1. The molecule has 0 aromatic heterocycles. The monoisotopic (exact) mass is 651 g/mol. The molecule has 4 aliphatic carbocycles. The second kappa shape index (κ2) is 10.6. The molecule has 2 aromatic carbocycles. The summed E-state index contributed by atoms with van der Waals surface area (Å²) in [5, 5.41) is 19.5. The largest absolute Gasteiger partial charge is 0.462 e. The number of anilines is 1. The maximum atomic E-state index is 14.9. The lowest BCUT2D eigenvalue weighted by molar-refractivity contribution is -0.148. The van der Waals surface area contributed by atoms with Gasteiger partial charge in [-0.2, -0.15) is 5.26 Å². The highest BCUT2D eigenvalue weighted by Crippen LogP contribution is 2.71. The van der Waals surface area contributed by atoms with Gasteiger partial charge in [0.1, 0.15) is 29.4 Å². The molecule has 2 aromatic rings. The third kappa shape index (κ3) is 4.04. The van der Waals surface area contributed by atoms with E-state index in [4.69, 9.17) is 14.9 Å². The standard InChI is InChI=1S/C39H39F2N3O4/c1-21(45)47-23-13-15-37(2)22(17-23)11-12-24-27(37)14-16-38(3)29(24)18-30-34(38)25(19-42)35(43)48-39(30)28-7-4-5-10-33(28)44(36(39)46)20-26-31(40)8-6-9-32(26)41/h4-11,23-24,27,29-30,43H,12-18,20H2,1-3H3/t23-,24?,27?,29?,30?,37-,38-,39?/m0/s1. The second-order valence-electron chi connectivity index (χ2n) is 15.2. The summed E-state index contributed by atoms with van der Waals surface area (Å²) < 4.78 is 41.9. The van der Waals surface area contributed by atoms with Crippen molar-refractivity contribution < 1.29 is 27.8 Å². The van der Waals surface area contributed by atoms with Crippen molar-refractivity contribution in [3.8, 4) is 6.07 Å². The maximum absolute atomic E-state index is 14.9. The van der Waals surface area contributed by atoms with Crippen molar-refractivity contribution in [1.29, 1.82) is 10.7 Å². The highest BCUT2D eigenvalue weighted by atomic mass is 19.1. The van der Waals surface area contributed by atoms with Gasteiger partial charge in [-0.05, 0) is 90.9 Å². The predicted molar refractivity (Wildman–Crippen MR) is 173 cm³/mol. The van der Waals surface area contributed by atoms with Crippen LogP contribution in [0.5, 0.6) is 0 Å². The van der Waals surface area contributed by atoms with Crippen LogP contribution in [0, 0.1) is 62.9 Å². The number of halogens is 2. The third-order valence-corrected chi connectivity index (χ3v) is 13.1. The van der Waals surface area contributed by atoms with Crippen molar-refractivity contribution in [1.82, 2.24) is 0 Å². The molecular weight excluding hydrogens is 612 g/mol. The van der Waals surface area contributed by atoms with Gasteiger partial charge in [-0.1, -0.05) is 49.8 Å². The number of nitrogens with zero attached hydrogens (tertiary/aromatic N) is 2. The van der Waals surface area contributed by atoms with Gasteiger partial charge in [0.15, 0.2) is 0 Å². The van der Waals surface area contributed by atoms with Crippen LogP contribution >= 0.6 is 0 Å². The van der Waals surface area contributed by atoms with Crippen LogP contribution < -0.4 is 4.90 Å². The highest BCUT2D eigenvalue weighted by molar-refractivity contribution is 6.11.